The van der Waals surface area contributed by atoms with E-state index in [1.54, 1.807) is 6.07 Å². The standard InChI is InChI=1S/C25H30N4O6/c1-15-16(2)29(18-7-5-6-8-18)24(19(15)12-26)28-22(30)14-35-23(31)13-27-25(32)17-9-10-20(33-3)21(11-17)34-4/h9-11,18H,5-8,13-14H2,1-4H3,(H,27,32)(H,28,30). The average molecular weight is 483 g/mol. The third kappa shape index (κ3) is 5.74. The molecule has 2 N–H and O–H groups in total. The summed E-state index contributed by atoms with van der Waals surface area (Å²) in [7, 11) is 2.94. The molecule has 0 radical (unpaired) electrons. The minimum absolute atomic E-state index is 0.223. The molecule has 10 nitrogen and oxygen atoms in total. The number of benzene rings is 1. The summed E-state index contributed by atoms with van der Waals surface area (Å²) in [5, 5.41) is 14.8. The summed E-state index contributed by atoms with van der Waals surface area (Å²) in [6, 6.07) is 7.00. The first kappa shape index (κ1) is 25.6. The SMILES string of the molecule is COc1ccc(C(=O)NCC(=O)OCC(=O)Nc2c(C#N)c(C)c(C)n2C2CCCC2)cc1OC. The Hall–Kier alpha value is -4.00. The first-order chi connectivity index (χ1) is 16.8. The second-order valence-corrected chi connectivity index (χ2v) is 8.32. The smallest absolute Gasteiger partial charge is 0.325 e. The molecule has 2 aromatic rings. The molecule has 10 heteroatoms. The van der Waals surface area contributed by atoms with E-state index < -0.39 is 30.9 Å². The van der Waals surface area contributed by atoms with Crippen LogP contribution in [0.5, 0.6) is 11.5 Å². The molecule has 1 aromatic heterocycles. The minimum atomic E-state index is -0.770. The number of nitrogens with zero attached hydrogens (tertiary/aromatic N) is 2. The van der Waals surface area contributed by atoms with Gasteiger partial charge in [0.1, 0.15) is 18.4 Å². The lowest BCUT2D eigenvalue weighted by Crippen LogP contribution is -2.32. The molecule has 1 aliphatic rings. The number of hydrogen-bond donors (Lipinski definition) is 2. The summed E-state index contributed by atoms with van der Waals surface area (Å²) < 4.78 is 17.3. The highest BCUT2D eigenvalue weighted by molar-refractivity contribution is 5.97. The normalized spacial score (nSPS) is 13.1. The molecule has 0 saturated heterocycles. The molecular formula is C25H30N4O6. The van der Waals surface area contributed by atoms with Gasteiger partial charge < -0.3 is 29.4 Å². The molecule has 1 heterocycles. The van der Waals surface area contributed by atoms with Gasteiger partial charge in [-0.15, -0.1) is 0 Å². The van der Waals surface area contributed by atoms with Crippen molar-refractivity contribution in [3.05, 3.63) is 40.6 Å². The van der Waals surface area contributed by atoms with Crippen LogP contribution in [0, 0.1) is 25.2 Å². The first-order valence-corrected chi connectivity index (χ1v) is 11.4. The Labute approximate surface area is 204 Å². The van der Waals surface area contributed by atoms with E-state index in [9.17, 15) is 19.6 Å². The molecule has 0 bridgehead atoms. The summed E-state index contributed by atoms with van der Waals surface area (Å²) in [5.41, 5.74) is 2.45. The average Bonchev–Trinajstić information content (AvgIpc) is 3.47. The van der Waals surface area contributed by atoms with E-state index in [1.807, 2.05) is 18.4 Å². The second kappa shape index (κ2) is 11.4. The number of carbonyl (C=O) groups is 3. The van der Waals surface area contributed by atoms with Crippen molar-refractivity contribution in [3.63, 3.8) is 0 Å². The van der Waals surface area contributed by atoms with Crippen LogP contribution >= 0.6 is 0 Å². The Morgan fingerprint density at radius 2 is 1.80 bits per heavy atom. The first-order valence-electron chi connectivity index (χ1n) is 11.4. The molecule has 186 valence electrons. The highest BCUT2D eigenvalue weighted by atomic mass is 16.5. The van der Waals surface area contributed by atoms with Gasteiger partial charge in [-0.2, -0.15) is 5.26 Å². The second-order valence-electron chi connectivity index (χ2n) is 8.32. The van der Waals surface area contributed by atoms with Crippen molar-refractivity contribution in [2.75, 3.05) is 32.7 Å². The van der Waals surface area contributed by atoms with Crippen LogP contribution in [0.15, 0.2) is 18.2 Å². The summed E-state index contributed by atoms with van der Waals surface area (Å²) in [5.74, 6) is -0.545. The van der Waals surface area contributed by atoms with Gasteiger partial charge in [0.15, 0.2) is 18.1 Å². The predicted octanol–water partition coefficient (Wildman–Crippen LogP) is 3.02. The molecule has 2 amide bonds. The number of nitriles is 1. The number of ether oxygens (including phenoxy) is 3. The Morgan fingerprint density at radius 1 is 1.11 bits per heavy atom. The van der Waals surface area contributed by atoms with E-state index in [0.717, 1.165) is 36.9 Å². The van der Waals surface area contributed by atoms with E-state index in [4.69, 9.17) is 14.2 Å². The van der Waals surface area contributed by atoms with Crippen LogP contribution in [-0.4, -0.2) is 49.7 Å². The summed E-state index contributed by atoms with van der Waals surface area (Å²) in [6.07, 6.45) is 4.17. The fraction of sp³-hybridized carbons (Fsp3) is 0.440. The lowest BCUT2D eigenvalue weighted by molar-refractivity contribution is -0.146. The minimum Gasteiger partial charge on any atom is -0.493 e. The molecule has 0 aliphatic heterocycles. The van der Waals surface area contributed by atoms with E-state index in [0.29, 0.717) is 22.9 Å². The molecular weight excluding hydrogens is 452 g/mol. The van der Waals surface area contributed by atoms with E-state index >= 15 is 0 Å². The molecule has 35 heavy (non-hydrogen) atoms. The number of hydrogen-bond acceptors (Lipinski definition) is 7. The lowest BCUT2D eigenvalue weighted by atomic mass is 10.2. The lowest BCUT2D eigenvalue weighted by Gasteiger charge is -2.19. The van der Waals surface area contributed by atoms with E-state index in [2.05, 4.69) is 16.7 Å². The summed E-state index contributed by atoms with van der Waals surface area (Å²) in [4.78, 5) is 37.0. The van der Waals surface area contributed by atoms with Crippen molar-refractivity contribution >= 4 is 23.6 Å². The zero-order chi connectivity index (χ0) is 25.5. The third-order valence-electron chi connectivity index (χ3n) is 6.22. The number of aromatic nitrogens is 1. The molecule has 0 spiro atoms. The number of esters is 1. The zero-order valence-corrected chi connectivity index (χ0v) is 20.4. The molecule has 0 unspecified atom stereocenters. The Balaban J connectivity index is 1.56. The highest BCUT2D eigenvalue weighted by Crippen LogP contribution is 2.37. The van der Waals surface area contributed by atoms with E-state index in [1.165, 1.54) is 26.4 Å². The topological polar surface area (TPSA) is 132 Å². The number of nitrogens with one attached hydrogen (secondary N) is 2. The Morgan fingerprint density at radius 3 is 2.43 bits per heavy atom. The van der Waals surface area contributed by atoms with Gasteiger partial charge >= 0.3 is 5.97 Å². The van der Waals surface area contributed by atoms with Crippen LogP contribution in [0.1, 0.15) is 58.9 Å². The number of carbonyl (C=O) groups excluding carboxylic acids is 3. The largest absolute Gasteiger partial charge is 0.493 e. The molecule has 1 aromatic carbocycles. The van der Waals surface area contributed by atoms with Crippen LogP contribution in [0.2, 0.25) is 0 Å². The van der Waals surface area contributed by atoms with Gasteiger partial charge in [-0.3, -0.25) is 14.4 Å². The quantitative estimate of drug-likeness (QED) is 0.525. The predicted molar refractivity (Wildman–Crippen MR) is 128 cm³/mol. The van der Waals surface area contributed by atoms with Gasteiger partial charge in [-0.05, 0) is 50.5 Å². The summed E-state index contributed by atoms with van der Waals surface area (Å²) in [6.45, 7) is 2.84. The maximum atomic E-state index is 12.5. The van der Waals surface area contributed by atoms with Crippen LogP contribution in [-0.2, 0) is 14.3 Å². The molecule has 3 rings (SSSR count). The maximum Gasteiger partial charge on any atom is 0.325 e. The maximum absolute atomic E-state index is 12.5. The van der Waals surface area contributed by atoms with Gasteiger partial charge in [0.05, 0.1) is 19.8 Å². The van der Waals surface area contributed by atoms with Gasteiger partial charge in [0.2, 0.25) is 0 Å². The summed E-state index contributed by atoms with van der Waals surface area (Å²) >= 11 is 0. The van der Waals surface area contributed by atoms with Crippen molar-refractivity contribution < 1.29 is 28.6 Å². The van der Waals surface area contributed by atoms with Gasteiger partial charge in [-0.25, -0.2) is 0 Å². The fourth-order valence-corrected chi connectivity index (χ4v) is 4.30. The number of anilines is 1. The van der Waals surface area contributed by atoms with Gasteiger partial charge in [0, 0.05) is 17.3 Å². The van der Waals surface area contributed by atoms with Crippen molar-refractivity contribution in [1.29, 1.82) is 5.26 Å². The van der Waals surface area contributed by atoms with E-state index in [-0.39, 0.29) is 11.6 Å². The fourth-order valence-electron chi connectivity index (χ4n) is 4.30. The monoisotopic (exact) mass is 482 g/mol. The van der Waals surface area contributed by atoms with Crippen molar-refractivity contribution in [2.45, 2.75) is 45.6 Å². The van der Waals surface area contributed by atoms with Crippen molar-refractivity contribution in [2.24, 2.45) is 0 Å². The molecule has 1 fully saturated rings. The van der Waals surface area contributed by atoms with Gasteiger partial charge in [0.25, 0.3) is 11.8 Å². The number of amides is 2. The Bertz CT molecular complexity index is 1160. The zero-order valence-electron chi connectivity index (χ0n) is 20.4. The van der Waals surface area contributed by atoms with Gasteiger partial charge in [-0.1, -0.05) is 12.8 Å². The van der Waals surface area contributed by atoms with Crippen LogP contribution in [0.4, 0.5) is 5.82 Å². The third-order valence-corrected chi connectivity index (χ3v) is 6.22. The van der Waals surface area contributed by atoms with Crippen LogP contribution < -0.4 is 20.1 Å². The van der Waals surface area contributed by atoms with Crippen molar-refractivity contribution in [1.82, 2.24) is 9.88 Å². The highest BCUT2D eigenvalue weighted by Gasteiger charge is 2.27. The number of rotatable bonds is 9. The number of methoxy groups -OCH3 is 2. The molecule has 0 atom stereocenters. The van der Waals surface area contributed by atoms with Crippen LogP contribution in [0.25, 0.3) is 0 Å². The molecule has 1 saturated carbocycles. The Kier molecular flexibility index (Phi) is 8.36. The van der Waals surface area contributed by atoms with Crippen molar-refractivity contribution in [3.8, 4) is 17.6 Å². The molecule has 1 aliphatic carbocycles. The van der Waals surface area contributed by atoms with Crippen LogP contribution in [0.3, 0.4) is 0 Å².